The Hall–Kier alpha value is -2.47. The van der Waals surface area contributed by atoms with Gasteiger partial charge in [-0.25, -0.2) is 4.68 Å². The first-order chi connectivity index (χ1) is 9.72. The molecular weight excluding hydrogens is 272 g/mol. The van der Waals surface area contributed by atoms with E-state index in [0.717, 1.165) is 16.4 Å². The van der Waals surface area contributed by atoms with Gasteiger partial charge in [0.05, 0.1) is 11.4 Å². The highest BCUT2D eigenvalue weighted by Gasteiger charge is 2.11. The van der Waals surface area contributed by atoms with Crippen LogP contribution in [0, 0.1) is 6.92 Å². The summed E-state index contributed by atoms with van der Waals surface area (Å²) in [5.74, 6) is -0.233. The summed E-state index contributed by atoms with van der Waals surface area (Å²) in [4.78, 5) is 12.1. The minimum Gasteiger partial charge on any atom is -0.311 e. The smallest absolute Gasteiger partial charge is 0.276 e. The molecule has 1 N–H and O–H groups in total. The van der Waals surface area contributed by atoms with E-state index in [9.17, 15) is 4.79 Å². The first kappa shape index (κ1) is 12.6. The first-order valence-corrected chi connectivity index (χ1v) is 6.85. The Balaban J connectivity index is 1.78. The van der Waals surface area contributed by atoms with E-state index < -0.39 is 0 Å². The number of hydrogen-bond donors (Lipinski definition) is 1. The predicted molar refractivity (Wildman–Crippen MR) is 78.4 cm³/mol. The largest absolute Gasteiger partial charge is 0.311 e. The van der Waals surface area contributed by atoms with Gasteiger partial charge in [-0.3, -0.25) is 4.79 Å². The maximum Gasteiger partial charge on any atom is 0.276 e. The number of carbonyl (C=O) groups excluding carboxylic acids is 1. The lowest BCUT2D eigenvalue weighted by Crippen LogP contribution is -2.12. The fraction of sp³-hybridized carbons (Fsp3) is 0.0714. The van der Waals surface area contributed by atoms with Crippen LogP contribution in [0.5, 0.6) is 0 Å². The second-order valence-corrected chi connectivity index (χ2v) is 5.07. The van der Waals surface area contributed by atoms with Crippen LogP contribution in [0.3, 0.4) is 0 Å². The van der Waals surface area contributed by atoms with Crippen LogP contribution in [0.25, 0.3) is 5.69 Å². The minimum absolute atomic E-state index is 0.233. The van der Waals surface area contributed by atoms with Gasteiger partial charge in [0, 0.05) is 6.20 Å². The van der Waals surface area contributed by atoms with Gasteiger partial charge in [0.2, 0.25) is 0 Å². The molecule has 0 spiro atoms. The third kappa shape index (κ3) is 2.60. The molecule has 2 aromatic heterocycles. The van der Waals surface area contributed by atoms with Gasteiger partial charge in [-0.1, -0.05) is 18.2 Å². The Morgan fingerprint density at radius 2 is 2.05 bits per heavy atom. The summed E-state index contributed by atoms with van der Waals surface area (Å²) in [5.41, 5.74) is 2.18. The van der Waals surface area contributed by atoms with Crippen LogP contribution in [0.15, 0.2) is 48.7 Å². The zero-order chi connectivity index (χ0) is 13.9. The summed E-state index contributed by atoms with van der Waals surface area (Å²) >= 11 is 1.26. The second-order valence-electron chi connectivity index (χ2n) is 4.27. The zero-order valence-corrected chi connectivity index (χ0v) is 11.6. The molecule has 0 atom stereocenters. The van der Waals surface area contributed by atoms with Crippen molar-refractivity contribution in [1.82, 2.24) is 14.2 Å². The van der Waals surface area contributed by atoms with E-state index in [-0.39, 0.29) is 5.91 Å². The molecule has 0 saturated carbocycles. The van der Waals surface area contributed by atoms with E-state index in [1.54, 1.807) is 16.9 Å². The van der Waals surface area contributed by atoms with Crippen LogP contribution in [0.2, 0.25) is 0 Å². The van der Waals surface area contributed by atoms with Crippen LogP contribution < -0.4 is 5.32 Å². The molecule has 0 aliphatic carbocycles. The molecule has 3 aromatic rings. The molecule has 6 heteroatoms. The van der Waals surface area contributed by atoms with Crippen LogP contribution in [0.1, 0.15) is 16.2 Å². The number of nitrogens with one attached hydrogen (secondary N) is 1. The topological polar surface area (TPSA) is 59.8 Å². The summed E-state index contributed by atoms with van der Waals surface area (Å²) in [5, 5.41) is 7.78. The van der Waals surface area contributed by atoms with Gasteiger partial charge in [0.15, 0.2) is 5.69 Å². The number of anilines is 1. The summed E-state index contributed by atoms with van der Waals surface area (Å²) in [6.07, 6.45) is 1.77. The molecule has 0 fully saturated rings. The number of rotatable bonds is 3. The van der Waals surface area contributed by atoms with Crippen molar-refractivity contribution in [3.05, 3.63) is 60.0 Å². The molecule has 0 saturated heterocycles. The maximum absolute atomic E-state index is 12.1. The quantitative estimate of drug-likeness (QED) is 0.804. The van der Waals surface area contributed by atoms with Crippen molar-refractivity contribution in [3.8, 4) is 5.69 Å². The Kier molecular flexibility index (Phi) is 3.30. The van der Waals surface area contributed by atoms with E-state index in [4.69, 9.17) is 0 Å². The molecule has 1 aromatic carbocycles. The predicted octanol–water partition coefficient (Wildman–Crippen LogP) is 2.89. The second kappa shape index (κ2) is 5.26. The number of amides is 1. The lowest BCUT2D eigenvalue weighted by Gasteiger charge is -2.00. The van der Waals surface area contributed by atoms with Gasteiger partial charge in [-0.05, 0) is 42.7 Å². The first-order valence-electron chi connectivity index (χ1n) is 6.08. The van der Waals surface area contributed by atoms with Crippen molar-refractivity contribution in [1.29, 1.82) is 0 Å². The third-order valence-corrected chi connectivity index (χ3v) is 3.50. The van der Waals surface area contributed by atoms with E-state index in [1.807, 2.05) is 43.3 Å². The molecule has 5 nitrogen and oxygen atoms in total. The fourth-order valence-corrected chi connectivity index (χ4v) is 2.42. The number of hydrogen-bond acceptors (Lipinski definition) is 4. The number of para-hydroxylation sites is 1. The Morgan fingerprint density at radius 3 is 2.75 bits per heavy atom. The van der Waals surface area contributed by atoms with Crippen LogP contribution in [-0.4, -0.2) is 20.1 Å². The summed E-state index contributed by atoms with van der Waals surface area (Å²) in [6, 6.07) is 13.2. The number of benzene rings is 1. The average molecular weight is 284 g/mol. The number of aromatic nitrogens is 3. The molecule has 0 unspecified atom stereocenters. The highest BCUT2D eigenvalue weighted by atomic mass is 32.1. The highest BCUT2D eigenvalue weighted by molar-refractivity contribution is 7.10. The SMILES string of the molecule is Cc1cc(NC(=O)c2ccn(-c3ccccc3)n2)sn1. The van der Waals surface area contributed by atoms with Crippen molar-refractivity contribution >= 4 is 22.4 Å². The molecule has 100 valence electrons. The maximum atomic E-state index is 12.1. The van der Waals surface area contributed by atoms with Crippen LogP contribution in [-0.2, 0) is 0 Å². The molecule has 0 bridgehead atoms. The lowest BCUT2D eigenvalue weighted by molar-refractivity contribution is 0.102. The van der Waals surface area contributed by atoms with E-state index in [0.29, 0.717) is 5.69 Å². The molecule has 0 radical (unpaired) electrons. The molecule has 2 heterocycles. The van der Waals surface area contributed by atoms with Crippen molar-refractivity contribution in [2.75, 3.05) is 5.32 Å². The van der Waals surface area contributed by atoms with E-state index in [1.165, 1.54) is 11.5 Å². The Morgan fingerprint density at radius 1 is 1.25 bits per heavy atom. The average Bonchev–Trinajstić information content (AvgIpc) is 3.09. The Bertz CT molecular complexity index is 732. The molecule has 0 aliphatic rings. The number of carbonyl (C=O) groups is 1. The molecule has 3 rings (SSSR count). The monoisotopic (exact) mass is 284 g/mol. The molecule has 0 aliphatic heterocycles. The number of nitrogens with zero attached hydrogens (tertiary/aromatic N) is 3. The van der Waals surface area contributed by atoms with Gasteiger partial charge in [0.25, 0.3) is 5.91 Å². The standard InChI is InChI=1S/C14H12N4OS/c1-10-9-13(20-17-10)15-14(19)12-7-8-18(16-12)11-5-3-2-4-6-11/h2-9H,1H3,(H,15,19). The van der Waals surface area contributed by atoms with Crippen molar-refractivity contribution in [2.45, 2.75) is 6.92 Å². The van der Waals surface area contributed by atoms with Gasteiger partial charge >= 0.3 is 0 Å². The minimum atomic E-state index is -0.233. The molecule has 1 amide bonds. The van der Waals surface area contributed by atoms with Crippen LogP contribution >= 0.6 is 11.5 Å². The van der Waals surface area contributed by atoms with Crippen LogP contribution in [0.4, 0.5) is 5.00 Å². The number of aryl methyl sites for hydroxylation is 1. The normalized spacial score (nSPS) is 10.4. The lowest BCUT2D eigenvalue weighted by atomic mass is 10.3. The van der Waals surface area contributed by atoms with E-state index in [2.05, 4.69) is 14.8 Å². The van der Waals surface area contributed by atoms with Gasteiger partial charge in [-0.2, -0.15) is 9.47 Å². The summed E-state index contributed by atoms with van der Waals surface area (Å²) in [7, 11) is 0. The fourth-order valence-electron chi connectivity index (χ4n) is 1.77. The van der Waals surface area contributed by atoms with Crippen molar-refractivity contribution in [3.63, 3.8) is 0 Å². The summed E-state index contributed by atoms with van der Waals surface area (Å²) in [6.45, 7) is 1.89. The van der Waals surface area contributed by atoms with E-state index >= 15 is 0 Å². The van der Waals surface area contributed by atoms with Gasteiger partial charge in [-0.15, -0.1) is 0 Å². The van der Waals surface area contributed by atoms with Gasteiger partial charge < -0.3 is 5.32 Å². The molecular formula is C14H12N4OS. The highest BCUT2D eigenvalue weighted by Crippen LogP contribution is 2.16. The van der Waals surface area contributed by atoms with Gasteiger partial charge in [0.1, 0.15) is 5.00 Å². The Labute approximate surface area is 120 Å². The molecule has 20 heavy (non-hydrogen) atoms. The van der Waals surface area contributed by atoms with Crippen molar-refractivity contribution in [2.24, 2.45) is 0 Å². The third-order valence-electron chi connectivity index (χ3n) is 2.71. The van der Waals surface area contributed by atoms with Crippen molar-refractivity contribution < 1.29 is 4.79 Å². The zero-order valence-electron chi connectivity index (χ0n) is 10.8. The summed E-state index contributed by atoms with van der Waals surface area (Å²) < 4.78 is 5.79.